The minimum absolute atomic E-state index is 0.182. The zero-order valence-electron chi connectivity index (χ0n) is 12.0. The van der Waals surface area contributed by atoms with E-state index in [4.69, 9.17) is 11.6 Å². The zero-order valence-corrected chi connectivity index (χ0v) is 12.7. The molecule has 0 bridgehead atoms. The monoisotopic (exact) mass is 308 g/mol. The highest BCUT2D eigenvalue weighted by Gasteiger charge is 2.10. The lowest BCUT2D eigenvalue weighted by Gasteiger charge is -2.10. The van der Waals surface area contributed by atoms with E-state index >= 15 is 0 Å². The summed E-state index contributed by atoms with van der Waals surface area (Å²) in [7, 11) is 3.99. The Labute approximate surface area is 127 Å². The van der Waals surface area contributed by atoms with Crippen LogP contribution in [0.1, 0.15) is 16.8 Å². The van der Waals surface area contributed by atoms with Gasteiger partial charge in [0, 0.05) is 12.7 Å². The molecule has 2 aromatic heterocycles. The molecule has 2 heterocycles. The van der Waals surface area contributed by atoms with Crippen LogP contribution in [0.25, 0.3) is 5.82 Å². The number of nitrogens with zero attached hydrogens (tertiary/aromatic N) is 5. The van der Waals surface area contributed by atoms with Crippen molar-refractivity contribution in [3.63, 3.8) is 0 Å². The van der Waals surface area contributed by atoms with Gasteiger partial charge in [0.1, 0.15) is 12.7 Å². The van der Waals surface area contributed by atoms with E-state index in [9.17, 15) is 4.79 Å². The summed E-state index contributed by atoms with van der Waals surface area (Å²) >= 11 is 6.14. The molecule has 8 heteroatoms. The molecule has 0 aromatic carbocycles. The molecule has 0 aliphatic rings. The number of pyridine rings is 1. The smallest absolute Gasteiger partial charge is 0.252 e. The fraction of sp³-hybridized carbons (Fsp3) is 0.385. The highest BCUT2D eigenvalue weighted by atomic mass is 35.5. The average Bonchev–Trinajstić information content (AvgIpc) is 2.97. The maximum atomic E-state index is 12.0. The maximum Gasteiger partial charge on any atom is 0.252 e. The molecule has 1 amide bonds. The molecule has 0 saturated heterocycles. The van der Waals surface area contributed by atoms with Gasteiger partial charge in [-0.15, -0.1) is 10.2 Å². The molecule has 0 spiro atoms. The normalized spacial score (nSPS) is 10.9. The molecule has 1 N–H and O–H groups in total. The lowest BCUT2D eigenvalue weighted by molar-refractivity contribution is 0.0952. The van der Waals surface area contributed by atoms with Gasteiger partial charge in [-0.2, -0.15) is 0 Å². The number of amides is 1. The van der Waals surface area contributed by atoms with E-state index in [-0.39, 0.29) is 5.91 Å². The number of hydrogen-bond acceptors (Lipinski definition) is 5. The summed E-state index contributed by atoms with van der Waals surface area (Å²) in [5, 5.41) is 10.6. The summed E-state index contributed by atoms with van der Waals surface area (Å²) in [5.41, 5.74) is 0.432. The molecular formula is C13H17ClN6O. The third-order valence-electron chi connectivity index (χ3n) is 2.81. The largest absolute Gasteiger partial charge is 0.352 e. The number of nitrogens with one attached hydrogen (secondary N) is 1. The van der Waals surface area contributed by atoms with Gasteiger partial charge in [0.25, 0.3) is 5.91 Å². The van der Waals surface area contributed by atoms with Crippen molar-refractivity contribution < 1.29 is 4.79 Å². The van der Waals surface area contributed by atoms with Crippen molar-refractivity contribution in [1.29, 1.82) is 0 Å². The number of hydrogen-bond donors (Lipinski definition) is 1. The summed E-state index contributed by atoms with van der Waals surface area (Å²) < 4.78 is 1.58. The van der Waals surface area contributed by atoms with Crippen molar-refractivity contribution in [1.82, 2.24) is 30.0 Å². The van der Waals surface area contributed by atoms with Crippen LogP contribution in [0.4, 0.5) is 0 Å². The van der Waals surface area contributed by atoms with Crippen LogP contribution in [0.3, 0.4) is 0 Å². The van der Waals surface area contributed by atoms with Crippen molar-refractivity contribution in [2.75, 3.05) is 27.2 Å². The number of carbonyl (C=O) groups excluding carboxylic acids is 1. The summed E-state index contributed by atoms with van der Waals surface area (Å²) in [4.78, 5) is 18.2. The minimum Gasteiger partial charge on any atom is -0.352 e. The van der Waals surface area contributed by atoms with E-state index in [1.807, 2.05) is 14.1 Å². The molecule has 2 rings (SSSR count). The predicted octanol–water partition coefficient (Wildman–Crippen LogP) is 0.997. The fourth-order valence-electron chi connectivity index (χ4n) is 1.75. The molecule has 21 heavy (non-hydrogen) atoms. The Bertz CT molecular complexity index is 599. The Balaban J connectivity index is 1.98. The molecule has 2 aromatic rings. The molecule has 0 atom stereocenters. The standard InChI is InChI=1S/C13H17ClN6O/c1-19(2)5-3-4-15-13(21)10-6-11(14)12(16-7-10)20-8-17-18-9-20/h6-9H,3-5H2,1-2H3,(H,15,21). The molecule has 0 radical (unpaired) electrons. The van der Waals surface area contributed by atoms with Crippen LogP contribution in [-0.2, 0) is 0 Å². The second kappa shape index (κ2) is 7.14. The molecule has 7 nitrogen and oxygen atoms in total. The molecular weight excluding hydrogens is 292 g/mol. The highest BCUT2D eigenvalue weighted by molar-refractivity contribution is 6.32. The summed E-state index contributed by atoms with van der Waals surface area (Å²) in [6.07, 6.45) is 5.37. The van der Waals surface area contributed by atoms with Crippen LogP contribution in [0.5, 0.6) is 0 Å². The fourth-order valence-corrected chi connectivity index (χ4v) is 2.02. The van der Waals surface area contributed by atoms with E-state index in [0.29, 0.717) is 22.9 Å². The number of carbonyl (C=O) groups is 1. The first-order valence-corrected chi connectivity index (χ1v) is 6.89. The first-order chi connectivity index (χ1) is 10.1. The lowest BCUT2D eigenvalue weighted by Crippen LogP contribution is -2.27. The topological polar surface area (TPSA) is 75.9 Å². The minimum atomic E-state index is -0.182. The van der Waals surface area contributed by atoms with Crippen molar-refractivity contribution in [3.05, 3.63) is 35.5 Å². The van der Waals surface area contributed by atoms with Crippen LogP contribution < -0.4 is 5.32 Å². The molecule has 0 aliphatic carbocycles. The quantitative estimate of drug-likeness (QED) is 0.806. The van der Waals surface area contributed by atoms with E-state index in [1.165, 1.54) is 18.9 Å². The van der Waals surface area contributed by atoms with Gasteiger partial charge in [0.05, 0.1) is 10.6 Å². The van der Waals surface area contributed by atoms with Crippen molar-refractivity contribution in [2.45, 2.75) is 6.42 Å². The van der Waals surface area contributed by atoms with Gasteiger partial charge in [-0.3, -0.25) is 9.36 Å². The van der Waals surface area contributed by atoms with Crippen LogP contribution in [-0.4, -0.2) is 57.7 Å². The Morgan fingerprint density at radius 3 is 2.71 bits per heavy atom. The molecule has 112 valence electrons. The number of halogens is 1. The van der Waals surface area contributed by atoms with Gasteiger partial charge in [-0.25, -0.2) is 4.98 Å². The van der Waals surface area contributed by atoms with Gasteiger partial charge in [0.15, 0.2) is 5.82 Å². The van der Waals surface area contributed by atoms with Gasteiger partial charge < -0.3 is 10.2 Å². The molecule has 0 fully saturated rings. The van der Waals surface area contributed by atoms with Gasteiger partial charge in [0.2, 0.25) is 0 Å². The van der Waals surface area contributed by atoms with Crippen molar-refractivity contribution in [2.24, 2.45) is 0 Å². The van der Waals surface area contributed by atoms with E-state index in [1.54, 1.807) is 10.6 Å². The Hall–Kier alpha value is -1.99. The predicted molar refractivity (Wildman–Crippen MR) is 79.7 cm³/mol. The number of aromatic nitrogens is 4. The lowest BCUT2D eigenvalue weighted by atomic mass is 10.2. The van der Waals surface area contributed by atoms with E-state index in [2.05, 4.69) is 25.4 Å². The Morgan fingerprint density at radius 2 is 2.10 bits per heavy atom. The third-order valence-corrected chi connectivity index (χ3v) is 3.09. The first-order valence-electron chi connectivity index (χ1n) is 6.51. The van der Waals surface area contributed by atoms with Crippen molar-refractivity contribution >= 4 is 17.5 Å². The third kappa shape index (κ3) is 4.24. The summed E-state index contributed by atoms with van der Waals surface area (Å²) in [6, 6.07) is 1.59. The second-order valence-corrected chi connectivity index (χ2v) is 5.22. The van der Waals surface area contributed by atoms with Crippen LogP contribution in [0.2, 0.25) is 5.02 Å². The summed E-state index contributed by atoms with van der Waals surface area (Å²) in [6.45, 7) is 1.54. The Kier molecular flexibility index (Phi) is 5.24. The van der Waals surface area contributed by atoms with Crippen LogP contribution >= 0.6 is 11.6 Å². The van der Waals surface area contributed by atoms with Gasteiger partial charge in [-0.05, 0) is 33.1 Å². The van der Waals surface area contributed by atoms with E-state index in [0.717, 1.165) is 13.0 Å². The number of rotatable bonds is 6. The van der Waals surface area contributed by atoms with E-state index < -0.39 is 0 Å². The summed E-state index contributed by atoms with van der Waals surface area (Å²) in [5.74, 6) is 0.310. The van der Waals surface area contributed by atoms with Gasteiger partial charge >= 0.3 is 0 Å². The van der Waals surface area contributed by atoms with Crippen LogP contribution in [0.15, 0.2) is 24.9 Å². The Morgan fingerprint density at radius 1 is 1.38 bits per heavy atom. The highest BCUT2D eigenvalue weighted by Crippen LogP contribution is 2.18. The zero-order chi connectivity index (χ0) is 15.2. The molecule has 0 saturated carbocycles. The van der Waals surface area contributed by atoms with Crippen molar-refractivity contribution in [3.8, 4) is 5.82 Å². The average molecular weight is 309 g/mol. The molecule has 0 unspecified atom stereocenters. The SMILES string of the molecule is CN(C)CCCNC(=O)c1cnc(-n2cnnc2)c(Cl)c1. The maximum absolute atomic E-state index is 12.0. The van der Waals surface area contributed by atoms with Crippen LogP contribution in [0, 0.1) is 0 Å². The van der Waals surface area contributed by atoms with Gasteiger partial charge in [-0.1, -0.05) is 11.6 Å². The molecule has 0 aliphatic heterocycles. The first kappa shape index (κ1) is 15.4. The second-order valence-electron chi connectivity index (χ2n) is 4.81.